The zero-order valence-electron chi connectivity index (χ0n) is 10.8. The van der Waals surface area contributed by atoms with Gasteiger partial charge in [-0.1, -0.05) is 54.2 Å². The van der Waals surface area contributed by atoms with E-state index in [2.05, 4.69) is 28.2 Å². The summed E-state index contributed by atoms with van der Waals surface area (Å²) in [5, 5.41) is 9.98. The first kappa shape index (κ1) is 12.8. The summed E-state index contributed by atoms with van der Waals surface area (Å²) >= 11 is 1.60. The van der Waals surface area contributed by atoms with Gasteiger partial charge < -0.3 is 4.98 Å². The molecule has 3 rings (SSSR count). The molecule has 0 amide bonds. The van der Waals surface area contributed by atoms with Crippen molar-refractivity contribution in [1.29, 1.82) is 5.26 Å². The molecule has 0 bridgehead atoms. The number of nitriles is 1. The van der Waals surface area contributed by atoms with Gasteiger partial charge in [-0.05, 0) is 17.7 Å². The van der Waals surface area contributed by atoms with E-state index < -0.39 is 0 Å². The predicted molar refractivity (Wildman–Crippen MR) is 81.4 cm³/mol. The van der Waals surface area contributed by atoms with E-state index in [1.54, 1.807) is 11.8 Å². The molecule has 2 aromatic carbocycles. The first-order chi connectivity index (χ1) is 9.86. The molecule has 0 saturated heterocycles. The lowest BCUT2D eigenvalue weighted by Crippen LogP contribution is -1.93. The van der Waals surface area contributed by atoms with Gasteiger partial charge in [0.15, 0.2) is 5.16 Å². The third-order valence-electron chi connectivity index (χ3n) is 3.07. The van der Waals surface area contributed by atoms with Crippen molar-refractivity contribution >= 4 is 22.8 Å². The van der Waals surface area contributed by atoms with Crippen LogP contribution in [0.4, 0.5) is 0 Å². The maximum atomic E-state index is 9.02. The monoisotopic (exact) mass is 279 g/mol. The highest BCUT2D eigenvalue weighted by Gasteiger charge is 2.15. The van der Waals surface area contributed by atoms with Crippen LogP contribution >= 0.6 is 11.8 Å². The van der Waals surface area contributed by atoms with Gasteiger partial charge in [0.05, 0.1) is 28.8 Å². The molecule has 0 saturated carbocycles. The highest BCUT2D eigenvalue weighted by atomic mass is 32.2. The number of para-hydroxylation sites is 2. The quantitative estimate of drug-likeness (QED) is 0.724. The molecule has 0 aliphatic rings. The molecule has 1 N–H and O–H groups in total. The van der Waals surface area contributed by atoms with Crippen LogP contribution in [0.15, 0.2) is 59.8 Å². The number of nitrogens with zero attached hydrogens (tertiary/aromatic N) is 2. The van der Waals surface area contributed by atoms with Gasteiger partial charge in [0.1, 0.15) is 0 Å². The van der Waals surface area contributed by atoms with Crippen molar-refractivity contribution in [1.82, 2.24) is 9.97 Å². The van der Waals surface area contributed by atoms with E-state index >= 15 is 0 Å². The lowest BCUT2D eigenvalue weighted by Gasteiger charge is -2.11. The van der Waals surface area contributed by atoms with E-state index in [4.69, 9.17) is 5.26 Å². The van der Waals surface area contributed by atoms with Crippen LogP contribution in [-0.2, 0) is 0 Å². The van der Waals surface area contributed by atoms with Gasteiger partial charge in [-0.2, -0.15) is 5.26 Å². The van der Waals surface area contributed by atoms with Gasteiger partial charge in [0.2, 0.25) is 0 Å². The Bertz CT molecular complexity index is 710. The van der Waals surface area contributed by atoms with Crippen LogP contribution in [0.2, 0.25) is 0 Å². The average Bonchev–Trinajstić information content (AvgIpc) is 2.90. The molecule has 3 nitrogen and oxygen atoms in total. The third-order valence-corrected chi connectivity index (χ3v) is 4.21. The minimum absolute atomic E-state index is 0.0989. The molecule has 98 valence electrons. The number of hydrogen-bond acceptors (Lipinski definition) is 3. The number of aromatic nitrogens is 2. The molecule has 4 heteroatoms. The normalized spacial score (nSPS) is 12.2. The van der Waals surface area contributed by atoms with E-state index in [1.165, 1.54) is 0 Å². The van der Waals surface area contributed by atoms with Crippen molar-refractivity contribution in [3.05, 3.63) is 60.2 Å². The zero-order chi connectivity index (χ0) is 13.8. The van der Waals surface area contributed by atoms with Crippen LogP contribution in [-0.4, -0.2) is 9.97 Å². The number of H-pyrrole nitrogens is 1. The zero-order valence-corrected chi connectivity index (χ0v) is 11.6. The number of hydrogen-bond donors (Lipinski definition) is 1. The maximum Gasteiger partial charge on any atom is 0.166 e. The molecule has 0 aliphatic heterocycles. The van der Waals surface area contributed by atoms with Crippen molar-refractivity contribution in [2.45, 2.75) is 16.8 Å². The molecule has 1 aromatic heterocycles. The van der Waals surface area contributed by atoms with Crippen LogP contribution in [0, 0.1) is 11.3 Å². The Labute approximate surface area is 121 Å². The second-order valence-electron chi connectivity index (χ2n) is 4.44. The standard InChI is InChI=1S/C16H13N3S/c17-11-10-15(12-6-2-1-3-7-12)20-16-18-13-8-4-5-9-14(13)19-16/h1-9,15H,10H2,(H,18,19). The summed E-state index contributed by atoms with van der Waals surface area (Å²) in [6.07, 6.45) is 0.464. The lowest BCUT2D eigenvalue weighted by molar-refractivity contribution is 0.959. The molecule has 20 heavy (non-hydrogen) atoms. The molecular weight excluding hydrogens is 266 g/mol. The van der Waals surface area contributed by atoms with Crippen molar-refractivity contribution in [2.75, 3.05) is 0 Å². The first-order valence-corrected chi connectivity index (χ1v) is 7.28. The summed E-state index contributed by atoms with van der Waals surface area (Å²) < 4.78 is 0. The van der Waals surface area contributed by atoms with Crippen molar-refractivity contribution < 1.29 is 0 Å². The first-order valence-electron chi connectivity index (χ1n) is 6.40. The highest BCUT2D eigenvalue weighted by molar-refractivity contribution is 7.99. The molecule has 0 spiro atoms. The van der Waals surface area contributed by atoms with Crippen molar-refractivity contribution in [3.63, 3.8) is 0 Å². The second-order valence-corrected chi connectivity index (χ2v) is 5.63. The van der Waals surface area contributed by atoms with Crippen LogP contribution in [0.25, 0.3) is 11.0 Å². The van der Waals surface area contributed by atoms with Crippen LogP contribution < -0.4 is 0 Å². The number of nitrogens with one attached hydrogen (secondary N) is 1. The molecule has 1 unspecified atom stereocenters. The molecular formula is C16H13N3S. The summed E-state index contributed by atoms with van der Waals surface area (Å²) in [5.41, 5.74) is 3.14. The van der Waals surface area contributed by atoms with Crippen LogP contribution in [0.1, 0.15) is 17.2 Å². The molecule has 0 fully saturated rings. The van der Waals surface area contributed by atoms with Crippen LogP contribution in [0.3, 0.4) is 0 Å². The van der Waals surface area contributed by atoms with Gasteiger partial charge in [0, 0.05) is 0 Å². The van der Waals surface area contributed by atoms with Gasteiger partial charge in [-0.25, -0.2) is 4.98 Å². The number of rotatable bonds is 4. The van der Waals surface area contributed by atoms with Gasteiger partial charge >= 0.3 is 0 Å². The van der Waals surface area contributed by atoms with Gasteiger partial charge in [0.25, 0.3) is 0 Å². The van der Waals surface area contributed by atoms with E-state index in [9.17, 15) is 0 Å². The highest BCUT2D eigenvalue weighted by Crippen LogP contribution is 2.36. The van der Waals surface area contributed by atoms with Crippen molar-refractivity contribution in [2.24, 2.45) is 0 Å². The SMILES string of the molecule is N#CCC(Sc1nc2ccccc2[nH]1)c1ccccc1. The predicted octanol–water partition coefficient (Wildman–Crippen LogP) is 4.31. The molecule has 0 radical (unpaired) electrons. The summed E-state index contributed by atoms with van der Waals surface area (Å²) in [4.78, 5) is 7.85. The topological polar surface area (TPSA) is 52.5 Å². The number of fused-ring (bicyclic) bond motifs is 1. The largest absolute Gasteiger partial charge is 0.333 e. The lowest BCUT2D eigenvalue weighted by atomic mass is 10.1. The smallest absolute Gasteiger partial charge is 0.166 e. The van der Waals surface area contributed by atoms with Crippen LogP contribution in [0.5, 0.6) is 0 Å². The Hall–Kier alpha value is -2.25. The number of thioether (sulfide) groups is 1. The molecule has 0 aliphatic carbocycles. The third kappa shape index (κ3) is 2.68. The molecule has 1 heterocycles. The van der Waals surface area contributed by atoms with E-state index in [0.29, 0.717) is 6.42 Å². The average molecular weight is 279 g/mol. The van der Waals surface area contributed by atoms with Gasteiger partial charge in [-0.15, -0.1) is 0 Å². The number of benzene rings is 2. The van der Waals surface area contributed by atoms with E-state index in [-0.39, 0.29) is 5.25 Å². The van der Waals surface area contributed by atoms with E-state index in [1.807, 2.05) is 42.5 Å². The second kappa shape index (κ2) is 5.81. The summed E-state index contributed by atoms with van der Waals surface area (Å²) in [6.45, 7) is 0. The fourth-order valence-corrected chi connectivity index (χ4v) is 3.14. The molecule has 3 aromatic rings. The Morgan fingerprint density at radius 2 is 1.85 bits per heavy atom. The summed E-state index contributed by atoms with van der Waals surface area (Å²) in [6, 6.07) is 20.3. The van der Waals surface area contributed by atoms with E-state index in [0.717, 1.165) is 21.8 Å². The Balaban J connectivity index is 1.88. The summed E-state index contributed by atoms with van der Waals surface area (Å²) in [7, 11) is 0. The Kier molecular flexibility index (Phi) is 3.71. The fraction of sp³-hybridized carbons (Fsp3) is 0.125. The minimum Gasteiger partial charge on any atom is -0.333 e. The Morgan fingerprint density at radius 1 is 1.10 bits per heavy atom. The summed E-state index contributed by atoms with van der Waals surface area (Å²) in [5.74, 6) is 0. The Morgan fingerprint density at radius 3 is 2.60 bits per heavy atom. The van der Waals surface area contributed by atoms with Gasteiger partial charge in [-0.3, -0.25) is 0 Å². The fourth-order valence-electron chi connectivity index (χ4n) is 2.10. The minimum atomic E-state index is 0.0989. The van der Waals surface area contributed by atoms with Crippen molar-refractivity contribution in [3.8, 4) is 6.07 Å². The number of imidazole rings is 1. The maximum absolute atomic E-state index is 9.02. The number of aromatic amines is 1. The molecule has 1 atom stereocenters.